The van der Waals surface area contributed by atoms with Crippen LogP contribution in [0.1, 0.15) is 12.5 Å². The van der Waals surface area contributed by atoms with Crippen LogP contribution in [0, 0.1) is 12.7 Å². The molecule has 0 aliphatic heterocycles. The highest BCUT2D eigenvalue weighted by molar-refractivity contribution is 5.39. The molecule has 2 aromatic carbocycles. The maximum absolute atomic E-state index is 13.5. The van der Waals surface area contributed by atoms with Crippen molar-refractivity contribution in [2.45, 2.75) is 13.8 Å². The molecule has 0 aromatic heterocycles. The maximum atomic E-state index is 13.5. The molecule has 2 aromatic rings. The zero-order valence-electron chi connectivity index (χ0n) is 12.3. The van der Waals surface area contributed by atoms with Crippen molar-refractivity contribution in [3.05, 3.63) is 53.8 Å². The van der Waals surface area contributed by atoms with E-state index in [0.717, 1.165) is 5.56 Å². The van der Waals surface area contributed by atoms with Gasteiger partial charge in [-0.25, -0.2) is 4.39 Å². The molecule has 0 unspecified atom stereocenters. The van der Waals surface area contributed by atoms with Crippen LogP contribution in [0.25, 0.3) is 0 Å². The summed E-state index contributed by atoms with van der Waals surface area (Å²) in [4.78, 5) is 0. The first-order valence-corrected chi connectivity index (χ1v) is 6.94. The molecule has 0 saturated carbocycles. The highest BCUT2D eigenvalue weighted by Crippen LogP contribution is 2.26. The molecule has 0 heterocycles. The summed E-state index contributed by atoms with van der Waals surface area (Å²) in [5.41, 5.74) is 0.953. The minimum Gasteiger partial charge on any atom is -0.490 e. The van der Waals surface area contributed by atoms with E-state index in [1.54, 1.807) is 12.1 Å². The molecule has 0 saturated heterocycles. The van der Waals surface area contributed by atoms with Crippen LogP contribution in [0.4, 0.5) is 4.39 Å². The molecular weight excluding hydrogens is 271 g/mol. The summed E-state index contributed by atoms with van der Waals surface area (Å²) in [6, 6.07) is 12.2. The molecule has 0 bridgehead atoms. The Labute approximate surface area is 124 Å². The van der Waals surface area contributed by atoms with E-state index < -0.39 is 0 Å². The molecule has 0 spiro atoms. The van der Waals surface area contributed by atoms with Crippen LogP contribution < -0.4 is 14.2 Å². The average molecular weight is 290 g/mol. The van der Waals surface area contributed by atoms with Crippen LogP contribution in [0.2, 0.25) is 0 Å². The molecule has 112 valence electrons. The van der Waals surface area contributed by atoms with Gasteiger partial charge in [-0.15, -0.1) is 0 Å². The largest absolute Gasteiger partial charge is 0.490 e. The monoisotopic (exact) mass is 290 g/mol. The third kappa shape index (κ3) is 4.38. The number of aryl methyl sites for hydroxylation is 1. The predicted octanol–water partition coefficient (Wildman–Crippen LogP) is 3.99. The van der Waals surface area contributed by atoms with Crippen LogP contribution in [0.15, 0.2) is 42.5 Å². The Morgan fingerprint density at radius 2 is 1.48 bits per heavy atom. The molecule has 0 aliphatic rings. The van der Waals surface area contributed by atoms with Crippen molar-refractivity contribution in [2.75, 3.05) is 19.8 Å². The van der Waals surface area contributed by atoms with Gasteiger partial charge in [0.2, 0.25) is 0 Å². The molecule has 0 atom stereocenters. The van der Waals surface area contributed by atoms with Crippen LogP contribution in [0.3, 0.4) is 0 Å². The number of rotatable bonds is 7. The van der Waals surface area contributed by atoms with E-state index in [4.69, 9.17) is 14.2 Å². The lowest BCUT2D eigenvalue weighted by Crippen LogP contribution is -2.10. The molecule has 21 heavy (non-hydrogen) atoms. The van der Waals surface area contributed by atoms with Gasteiger partial charge in [-0.3, -0.25) is 0 Å². The van der Waals surface area contributed by atoms with E-state index in [1.165, 1.54) is 6.07 Å². The Hall–Kier alpha value is -2.23. The van der Waals surface area contributed by atoms with Crippen LogP contribution in [-0.2, 0) is 0 Å². The van der Waals surface area contributed by atoms with Crippen molar-refractivity contribution < 1.29 is 18.6 Å². The minimum atomic E-state index is -0.365. The fourth-order valence-corrected chi connectivity index (χ4v) is 1.87. The number of hydrogen-bond donors (Lipinski definition) is 0. The van der Waals surface area contributed by atoms with Gasteiger partial charge in [0, 0.05) is 0 Å². The molecule has 2 rings (SSSR count). The lowest BCUT2D eigenvalue weighted by molar-refractivity contribution is 0.203. The molecule has 0 aliphatic carbocycles. The van der Waals surface area contributed by atoms with Gasteiger partial charge >= 0.3 is 0 Å². The third-order valence-electron chi connectivity index (χ3n) is 2.83. The number of hydrogen-bond acceptors (Lipinski definition) is 3. The van der Waals surface area contributed by atoms with Gasteiger partial charge in [-0.05, 0) is 43.7 Å². The predicted molar refractivity (Wildman–Crippen MR) is 79.7 cm³/mol. The molecule has 0 radical (unpaired) electrons. The summed E-state index contributed by atoms with van der Waals surface area (Å²) in [6.45, 7) is 4.96. The fourth-order valence-electron chi connectivity index (χ4n) is 1.87. The number of ether oxygens (including phenoxy) is 3. The summed E-state index contributed by atoms with van der Waals surface area (Å²) in [6.07, 6.45) is 0. The molecule has 0 amide bonds. The van der Waals surface area contributed by atoms with Gasteiger partial charge in [0.15, 0.2) is 23.1 Å². The summed E-state index contributed by atoms with van der Waals surface area (Å²) in [5.74, 6) is 1.24. The third-order valence-corrected chi connectivity index (χ3v) is 2.83. The van der Waals surface area contributed by atoms with E-state index in [9.17, 15) is 4.39 Å². The summed E-state index contributed by atoms with van der Waals surface area (Å²) in [5, 5.41) is 0. The highest BCUT2D eigenvalue weighted by Gasteiger charge is 2.05. The second kappa shape index (κ2) is 7.53. The number of para-hydroxylation sites is 2. The van der Waals surface area contributed by atoms with Crippen molar-refractivity contribution in [2.24, 2.45) is 0 Å². The van der Waals surface area contributed by atoms with Crippen molar-refractivity contribution in [1.29, 1.82) is 0 Å². The Morgan fingerprint density at radius 1 is 0.857 bits per heavy atom. The van der Waals surface area contributed by atoms with Gasteiger partial charge in [0.05, 0.1) is 6.61 Å². The van der Waals surface area contributed by atoms with Gasteiger partial charge in [0.1, 0.15) is 13.2 Å². The zero-order chi connectivity index (χ0) is 15.1. The average Bonchev–Trinajstić information content (AvgIpc) is 2.49. The Morgan fingerprint density at radius 3 is 2.14 bits per heavy atom. The quantitative estimate of drug-likeness (QED) is 0.722. The SMILES string of the molecule is CCOc1ccccc1OCCOc1cc(C)ccc1F. The Kier molecular flexibility index (Phi) is 5.43. The summed E-state index contributed by atoms with van der Waals surface area (Å²) >= 11 is 0. The van der Waals surface area contributed by atoms with Crippen LogP contribution in [0.5, 0.6) is 17.2 Å². The second-order valence-electron chi connectivity index (χ2n) is 4.51. The van der Waals surface area contributed by atoms with E-state index in [-0.39, 0.29) is 18.2 Å². The number of halogens is 1. The zero-order valence-corrected chi connectivity index (χ0v) is 12.3. The van der Waals surface area contributed by atoms with Crippen molar-refractivity contribution in [3.8, 4) is 17.2 Å². The normalized spacial score (nSPS) is 10.2. The summed E-state index contributed by atoms with van der Waals surface area (Å²) < 4.78 is 30.0. The summed E-state index contributed by atoms with van der Waals surface area (Å²) in [7, 11) is 0. The molecular formula is C17H19FO3. The minimum absolute atomic E-state index is 0.247. The smallest absolute Gasteiger partial charge is 0.165 e. The standard InChI is InChI=1S/C17H19FO3/c1-3-19-15-6-4-5-7-16(15)20-10-11-21-17-12-13(2)8-9-14(17)18/h4-9,12H,3,10-11H2,1-2H3. The van der Waals surface area contributed by atoms with Crippen molar-refractivity contribution in [1.82, 2.24) is 0 Å². The van der Waals surface area contributed by atoms with Crippen molar-refractivity contribution >= 4 is 0 Å². The first-order chi connectivity index (χ1) is 10.2. The molecule has 0 fully saturated rings. The van der Waals surface area contributed by atoms with Gasteiger partial charge in [0.25, 0.3) is 0 Å². The highest BCUT2D eigenvalue weighted by atomic mass is 19.1. The first kappa shape index (κ1) is 15.2. The van der Waals surface area contributed by atoms with E-state index in [1.807, 2.05) is 38.1 Å². The van der Waals surface area contributed by atoms with Gasteiger partial charge < -0.3 is 14.2 Å². The molecule has 3 nitrogen and oxygen atoms in total. The lowest BCUT2D eigenvalue weighted by atomic mass is 10.2. The van der Waals surface area contributed by atoms with Gasteiger partial charge in [-0.1, -0.05) is 18.2 Å². The van der Waals surface area contributed by atoms with Crippen LogP contribution >= 0.6 is 0 Å². The van der Waals surface area contributed by atoms with E-state index in [0.29, 0.717) is 24.7 Å². The van der Waals surface area contributed by atoms with Gasteiger partial charge in [-0.2, -0.15) is 0 Å². The maximum Gasteiger partial charge on any atom is 0.165 e. The van der Waals surface area contributed by atoms with E-state index in [2.05, 4.69) is 0 Å². The Balaban J connectivity index is 1.86. The lowest BCUT2D eigenvalue weighted by Gasteiger charge is -2.12. The van der Waals surface area contributed by atoms with Crippen LogP contribution in [-0.4, -0.2) is 19.8 Å². The van der Waals surface area contributed by atoms with Crippen molar-refractivity contribution in [3.63, 3.8) is 0 Å². The fraction of sp³-hybridized carbons (Fsp3) is 0.294. The molecule has 0 N–H and O–H groups in total. The second-order valence-corrected chi connectivity index (χ2v) is 4.51. The first-order valence-electron chi connectivity index (χ1n) is 6.94. The topological polar surface area (TPSA) is 27.7 Å². The van der Waals surface area contributed by atoms with E-state index >= 15 is 0 Å². The Bertz CT molecular complexity index is 584. The molecule has 4 heteroatoms. The number of benzene rings is 2.